The minimum atomic E-state index is 0. The van der Waals surface area contributed by atoms with Crippen LogP contribution in [0.5, 0.6) is 0 Å². The molecule has 0 spiro atoms. The van der Waals surface area contributed by atoms with E-state index in [1.165, 1.54) is 29.7 Å². The van der Waals surface area contributed by atoms with E-state index < -0.39 is 0 Å². The summed E-state index contributed by atoms with van der Waals surface area (Å²) in [5.74, 6) is 0. The molecule has 0 radical (unpaired) electrons. The molecule has 0 aromatic rings. The number of rotatable bonds is 0. The maximum Gasteiger partial charge on any atom is -1.00 e. The van der Waals surface area contributed by atoms with Gasteiger partial charge in [-0.1, -0.05) is 0 Å². The van der Waals surface area contributed by atoms with E-state index in [9.17, 15) is 0 Å². The molecule has 0 N–H and O–H groups in total. The maximum atomic E-state index is 2.20. The van der Waals surface area contributed by atoms with Crippen molar-refractivity contribution in [3.8, 4) is 0 Å². The van der Waals surface area contributed by atoms with Crippen LogP contribution in [-0.2, 0) is 25.8 Å². The topological polar surface area (TPSA) is 0 Å². The molecule has 0 aromatic heterocycles. The van der Waals surface area contributed by atoms with Gasteiger partial charge in [0, 0.05) is 0 Å². The predicted octanol–water partition coefficient (Wildman–Crippen LogP) is -2.02. The van der Waals surface area contributed by atoms with E-state index in [0.29, 0.717) is 0 Å². The van der Waals surface area contributed by atoms with Crippen LogP contribution in [0.15, 0.2) is 0 Å². The Morgan fingerprint density at radius 3 is 1.75 bits per heavy atom. The van der Waals surface area contributed by atoms with Gasteiger partial charge in [0.15, 0.2) is 0 Å². The van der Waals surface area contributed by atoms with Crippen molar-refractivity contribution >= 4 is 0 Å². The van der Waals surface area contributed by atoms with Crippen LogP contribution in [0, 0.1) is 0 Å². The molecule has 4 heavy (non-hydrogen) atoms. The first-order valence-electron chi connectivity index (χ1n) is 1.21. The van der Waals surface area contributed by atoms with Gasteiger partial charge in [0.1, 0.15) is 0 Å². The van der Waals surface area contributed by atoms with Gasteiger partial charge in [-0.15, -0.1) is 0 Å². The van der Waals surface area contributed by atoms with Gasteiger partial charge in [0.25, 0.3) is 0 Å². The van der Waals surface area contributed by atoms with Crippen molar-refractivity contribution in [2.24, 2.45) is 0 Å². The molecule has 0 aliphatic rings. The Kier molecular flexibility index (Phi) is 20.0. The van der Waals surface area contributed by atoms with E-state index in [4.69, 9.17) is 0 Å². The van der Waals surface area contributed by atoms with Gasteiger partial charge < -0.3 is 17.0 Å². The first-order valence-corrected chi connectivity index (χ1v) is 4.06. The van der Waals surface area contributed by atoms with Crippen molar-refractivity contribution in [3.63, 3.8) is 0 Å². The molecule has 0 rings (SSSR count). The molecule has 0 amide bonds. The van der Waals surface area contributed by atoms with Crippen LogP contribution in [-0.4, -0.2) is 0 Å². The Morgan fingerprint density at radius 2 is 1.75 bits per heavy atom. The molecule has 0 aliphatic heterocycles. The normalized spacial score (nSPS) is 4.75. The first-order chi connectivity index (χ1) is 1.41. The standard InChI is InChI=1S/C2H5.BrH.Cd/c1-2;;/h1H2,2H3;1H;/q;;+1/p-1. The van der Waals surface area contributed by atoms with Crippen LogP contribution >= 0.6 is 0 Å². The van der Waals surface area contributed by atoms with Gasteiger partial charge in [-0.2, -0.15) is 0 Å². The summed E-state index contributed by atoms with van der Waals surface area (Å²) in [5.41, 5.74) is 0. The van der Waals surface area contributed by atoms with Crippen LogP contribution in [0.3, 0.4) is 0 Å². The average Bonchev–Trinajstić information content (AvgIpc) is 0.918. The van der Waals surface area contributed by atoms with Crippen molar-refractivity contribution in [3.05, 3.63) is 0 Å². The van der Waals surface area contributed by atoms with Gasteiger partial charge in [-0.3, -0.25) is 0 Å². The van der Waals surface area contributed by atoms with Crippen LogP contribution in [0.1, 0.15) is 6.92 Å². The zero-order valence-corrected chi connectivity index (χ0v) is 8.41. The van der Waals surface area contributed by atoms with Crippen molar-refractivity contribution in [2.75, 3.05) is 0 Å². The molecule has 2 heteroatoms. The van der Waals surface area contributed by atoms with Crippen molar-refractivity contribution in [1.29, 1.82) is 0 Å². The van der Waals surface area contributed by atoms with Gasteiger partial charge in [-0.05, 0) is 0 Å². The third-order valence-corrected chi connectivity index (χ3v) is 0. The van der Waals surface area contributed by atoms with Crippen LogP contribution in [0.2, 0.25) is 3.98 Å². The molecular formula is C2H5BrCd. The summed E-state index contributed by atoms with van der Waals surface area (Å²) in [6, 6.07) is 0. The predicted molar refractivity (Wildman–Crippen MR) is 10.5 cm³/mol. The molecule has 22 valence electrons. The van der Waals surface area contributed by atoms with Crippen LogP contribution < -0.4 is 17.0 Å². The molecule has 0 aliphatic carbocycles. The van der Waals surface area contributed by atoms with E-state index >= 15 is 0 Å². The minimum Gasteiger partial charge on any atom is -1.00 e. The third-order valence-electron chi connectivity index (χ3n) is 0. The van der Waals surface area contributed by atoms with E-state index in [0.717, 1.165) is 0 Å². The quantitative estimate of drug-likeness (QED) is 0.414. The second kappa shape index (κ2) is 8.83. The summed E-state index contributed by atoms with van der Waals surface area (Å²) in [7, 11) is 0. The summed E-state index contributed by atoms with van der Waals surface area (Å²) < 4.78 is 1.42. The fraction of sp³-hybridized carbons (Fsp3) is 1.00. The summed E-state index contributed by atoms with van der Waals surface area (Å²) >= 11 is 1.20. The zero-order valence-electron chi connectivity index (χ0n) is 2.79. The van der Waals surface area contributed by atoms with Gasteiger partial charge in [0.2, 0.25) is 0 Å². The van der Waals surface area contributed by atoms with E-state index in [1.807, 2.05) is 0 Å². The maximum absolute atomic E-state index is 2.20. The van der Waals surface area contributed by atoms with Crippen molar-refractivity contribution in [1.82, 2.24) is 0 Å². The smallest absolute Gasteiger partial charge is 1.00 e. The molecule has 0 bridgehead atoms. The van der Waals surface area contributed by atoms with Crippen LogP contribution in [0.25, 0.3) is 0 Å². The SMILES string of the molecule is C[CH2][Cd+].[Br-]. The fourth-order valence-electron chi connectivity index (χ4n) is 0. The fourth-order valence-corrected chi connectivity index (χ4v) is 0. The molecule has 0 saturated heterocycles. The third kappa shape index (κ3) is 9.99. The molecular weight excluding hydrogens is 216 g/mol. The van der Waals surface area contributed by atoms with Gasteiger partial charge >= 0.3 is 36.7 Å². The summed E-state index contributed by atoms with van der Waals surface area (Å²) in [6.45, 7) is 2.20. The second-order valence-electron chi connectivity index (χ2n) is 0.500. The van der Waals surface area contributed by atoms with Gasteiger partial charge in [-0.25, -0.2) is 0 Å². The molecule has 0 fully saturated rings. The molecule has 0 nitrogen and oxygen atoms in total. The van der Waals surface area contributed by atoms with E-state index in [1.54, 1.807) is 0 Å². The molecule has 0 saturated carbocycles. The van der Waals surface area contributed by atoms with Crippen LogP contribution in [0.4, 0.5) is 0 Å². The van der Waals surface area contributed by atoms with E-state index in [2.05, 4.69) is 6.92 Å². The molecule has 0 aromatic carbocycles. The van der Waals surface area contributed by atoms with Crippen molar-refractivity contribution < 1.29 is 42.7 Å². The summed E-state index contributed by atoms with van der Waals surface area (Å²) in [5, 5.41) is 0. The number of hydrogen-bond donors (Lipinski definition) is 0. The largest absolute Gasteiger partial charge is 1.00 e. The van der Waals surface area contributed by atoms with Gasteiger partial charge in [0.05, 0.1) is 0 Å². The molecule has 0 heterocycles. The van der Waals surface area contributed by atoms with E-state index in [-0.39, 0.29) is 17.0 Å². The Labute approximate surface area is 53.4 Å². The Morgan fingerprint density at radius 1 is 1.75 bits per heavy atom. The molecule has 0 atom stereocenters. The Hall–Kier alpha value is 1.40. The number of halogens is 1. The monoisotopic (exact) mass is 222 g/mol. The molecule has 0 unspecified atom stereocenters. The summed E-state index contributed by atoms with van der Waals surface area (Å²) in [6.07, 6.45) is 0. The minimum absolute atomic E-state index is 0. The van der Waals surface area contributed by atoms with Crippen molar-refractivity contribution in [2.45, 2.75) is 10.9 Å². The second-order valence-corrected chi connectivity index (χ2v) is 3.35. The zero-order chi connectivity index (χ0) is 2.71. The summed E-state index contributed by atoms with van der Waals surface area (Å²) in [4.78, 5) is 0. The number of hydrogen-bond acceptors (Lipinski definition) is 0. The average molecular weight is 221 g/mol. The first kappa shape index (κ1) is 9.04. The Bertz CT molecular complexity index is 6.00. The Balaban J connectivity index is 0.